The molecule has 0 amide bonds. The molecule has 6 nitrogen and oxygen atoms in total. The Labute approximate surface area is 195 Å². The van der Waals surface area contributed by atoms with Crippen LogP contribution in [0.1, 0.15) is 24.5 Å². The van der Waals surface area contributed by atoms with Gasteiger partial charge in [-0.05, 0) is 61.2 Å². The molecule has 1 unspecified atom stereocenters. The number of hydrogen-bond acceptors (Lipinski definition) is 6. The molecule has 3 rings (SSSR count). The Bertz CT molecular complexity index is 1100. The first-order valence-corrected chi connectivity index (χ1v) is 12.4. The van der Waals surface area contributed by atoms with Gasteiger partial charge in [0.1, 0.15) is 10.6 Å². The molecule has 0 fully saturated rings. The molecule has 3 aromatic rings. The summed E-state index contributed by atoms with van der Waals surface area (Å²) in [6, 6.07) is 25.0. The van der Waals surface area contributed by atoms with Crippen molar-refractivity contribution in [1.29, 1.82) is 0 Å². The first kappa shape index (κ1) is 24.5. The molecule has 33 heavy (non-hydrogen) atoms. The summed E-state index contributed by atoms with van der Waals surface area (Å²) in [5.41, 5.74) is 2.16. The summed E-state index contributed by atoms with van der Waals surface area (Å²) in [6.07, 6.45) is 0.947. The van der Waals surface area contributed by atoms with Gasteiger partial charge in [0, 0.05) is 13.0 Å². The maximum absolute atomic E-state index is 12.4. The van der Waals surface area contributed by atoms with Gasteiger partial charge in [-0.15, -0.1) is 0 Å². The largest absolute Gasteiger partial charge is 0.466 e. The third-order valence-corrected chi connectivity index (χ3v) is 6.31. The van der Waals surface area contributed by atoms with Crippen molar-refractivity contribution in [2.45, 2.75) is 31.2 Å². The lowest BCUT2D eigenvalue weighted by Gasteiger charge is -2.17. The Hall–Kier alpha value is -3.16. The summed E-state index contributed by atoms with van der Waals surface area (Å²) in [7, 11) is -3.88. The van der Waals surface area contributed by atoms with Crippen molar-refractivity contribution < 1.29 is 22.1 Å². The molecule has 0 aliphatic carbocycles. The zero-order valence-electron chi connectivity index (χ0n) is 18.6. The standard InChI is InChI=1S/C26H29NO5S/c1-2-31-26(28)18-23(20-27-19-22-9-5-3-6-10-22)17-21-13-15-24(16-14-21)32-33(29,30)25-11-7-4-8-12-25/h3-16,23,27H,2,17-20H2,1H3. The molecule has 0 radical (unpaired) electrons. The fourth-order valence-electron chi connectivity index (χ4n) is 3.46. The van der Waals surface area contributed by atoms with Gasteiger partial charge in [0.25, 0.3) is 0 Å². The maximum Gasteiger partial charge on any atom is 0.339 e. The summed E-state index contributed by atoms with van der Waals surface area (Å²) < 4.78 is 35.2. The molecule has 0 bridgehead atoms. The van der Waals surface area contributed by atoms with Crippen LogP contribution in [0.2, 0.25) is 0 Å². The second kappa shape index (κ2) is 12.2. The Morgan fingerprint density at radius 3 is 2.15 bits per heavy atom. The number of ether oxygens (including phenoxy) is 1. The van der Waals surface area contributed by atoms with Gasteiger partial charge < -0.3 is 14.2 Å². The molecule has 0 saturated carbocycles. The summed E-state index contributed by atoms with van der Waals surface area (Å²) >= 11 is 0. The molecule has 7 heteroatoms. The molecule has 0 aliphatic heterocycles. The van der Waals surface area contributed by atoms with Crippen LogP contribution in [0.4, 0.5) is 0 Å². The normalized spacial score (nSPS) is 12.2. The van der Waals surface area contributed by atoms with Crippen molar-refractivity contribution >= 4 is 16.1 Å². The van der Waals surface area contributed by atoms with Gasteiger partial charge in [-0.2, -0.15) is 8.42 Å². The second-order valence-corrected chi connectivity index (χ2v) is 9.24. The van der Waals surface area contributed by atoms with E-state index in [0.717, 1.165) is 5.56 Å². The van der Waals surface area contributed by atoms with Gasteiger partial charge in [0.2, 0.25) is 0 Å². The SMILES string of the molecule is CCOC(=O)CC(CNCc1ccccc1)Cc1ccc(OS(=O)(=O)c2ccccc2)cc1. The first-order valence-electron chi connectivity index (χ1n) is 10.9. The predicted molar refractivity (Wildman–Crippen MR) is 127 cm³/mol. The second-order valence-electron chi connectivity index (χ2n) is 7.69. The zero-order valence-corrected chi connectivity index (χ0v) is 19.5. The number of nitrogens with one attached hydrogen (secondary N) is 1. The van der Waals surface area contributed by atoms with Crippen molar-refractivity contribution in [2.24, 2.45) is 5.92 Å². The Balaban J connectivity index is 1.61. The van der Waals surface area contributed by atoms with E-state index in [9.17, 15) is 13.2 Å². The number of esters is 1. The van der Waals surface area contributed by atoms with Crippen LogP contribution in [0.3, 0.4) is 0 Å². The lowest BCUT2D eigenvalue weighted by atomic mass is 9.96. The van der Waals surface area contributed by atoms with E-state index in [1.165, 1.54) is 17.7 Å². The van der Waals surface area contributed by atoms with E-state index in [4.69, 9.17) is 8.92 Å². The molecule has 0 spiro atoms. The van der Waals surface area contributed by atoms with Crippen LogP contribution in [0, 0.1) is 5.92 Å². The van der Waals surface area contributed by atoms with Gasteiger partial charge in [-0.25, -0.2) is 0 Å². The van der Waals surface area contributed by atoms with Gasteiger partial charge in [-0.1, -0.05) is 60.7 Å². The first-order chi connectivity index (χ1) is 16.0. The molecular formula is C26H29NO5S. The highest BCUT2D eigenvalue weighted by Gasteiger charge is 2.18. The lowest BCUT2D eigenvalue weighted by Crippen LogP contribution is -2.26. The summed E-state index contributed by atoms with van der Waals surface area (Å²) in [5.74, 6) is 0.0530. The quantitative estimate of drug-likeness (QED) is 0.315. The highest BCUT2D eigenvalue weighted by molar-refractivity contribution is 7.87. The Kier molecular flexibility index (Phi) is 9.04. The molecule has 3 aromatic carbocycles. The van der Waals surface area contributed by atoms with E-state index >= 15 is 0 Å². The van der Waals surface area contributed by atoms with Crippen LogP contribution >= 0.6 is 0 Å². The molecule has 174 valence electrons. The average Bonchev–Trinajstić information content (AvgIpc) is 2.81. The molecule has 0 heterocycles. The molecular weight excluding hydrogens is 438 g/mol. The monoisotopic (exact) mass is 467 g/mol. The van der Waals surface area contributed by atoms with Crippen molar-refractivity contribution in [1.82, 2.24) is 5.32 Å². The molecule has 0 aromatic heterocycles. The van der Waals surface area contributed by atoms with E-state index < -0.39 is 10.1 Å². The van der Waals surface area contributed by atoms with Crippen LogP contribution in [0.15, 0.2) is 89.8 Å². The lowest BCUT2D eigenvalue weighted by molar-refractivity contribution is -0.144. The van der Waals surface area contributed by atoms with E-state index in [0.29, 0.717) is 32.5 Å². The van der Waals surface area contributed by atoms with Gasteiger partial charge >= 0.3 is 16.1 Å². The van der Waals surface area contributed by atoms with Crippen molar-refractivity contribution in [3.05, 3.63) is 96.1 Å². The van der Waals surface area contributed by atoms with E-state index in [1.54, 1.807) is 37.3 Å². The number of benzene rings is 3. The highest BCUT2D eigenvalue weighted by atomic mass is 32.2. The molecule has 1 N–H and O–H groups in total. The van der Waals surface area contributed by atoms with Gasteiger partial charge in [0.05, 0.1) is 6.61 Å². The Morgan fingerprint density at radius 1 is 0.879 bits per heavy atom. The van der Waals surface area contributed by atoms with E-state index in [1.807, 2.05) is 30.3 Å². The molecule has 0 aliphatic rings. The van der Waals surface area contributed by atoms with E-state index in [-0.39, 0.29) is 22.5 Å². The minimum Gasteiger partial charge on any atom is -0.466 e. The highest BCUT2D eigenvalue weighted by Crippen LogP contribution is 2.21. The molecule has 1 atom stereocenters. The maximum atomic E-state index is 12.4. The Morgan fingerprint density at radius 2 is 1.52 bits per heavy atom. The van der Waals surface area contributed by atoms with Crippen molar-refractivity contribution in [3.63, 3.8) is 0 Å². The summed E-state index contributed by atoms with van der Waals surface area (Å²) in [4.78, 5) is 12.2. The third kappa shape index (κ3) is 8.04. The van der Waals surface area contributed by atoms with Crippen molar-refractivity contribution in [2.75, 3.05) is 13.2 Å². The smallest absolute Gasteiger partial charge is 0.339 e. The topological polar surface area (TPSA) is 81.7 Å². The number of rotatable bonds is 12. The number of carbonyl (C=O) groups excluding carboxylic acids is 1. The van der Waals surface area contributed by atoms with Crippen LogP contribution in [0.25, 0.3) is 0 Å². The van der Waals surface area contributed by atoms with Gasteiger partial charge in [-0.3, -0.25) is 4.79 Å². The predicted octanol–water partition coefficient (Wildman–Crippen LogP) is 4.36. The van der Waals surface area contributed by atoms with Crippen LogP contribution < -0.4 is 9.50 Å². The van der Waals surface area contributed by atoms with Crippen LogP contribution in [-0.4, -0.2) is 27.5 Å². The fourth-order valence-corrected chi connectivity index (χ4v) is 4.42. The summed E-state index contributed by atoms with van der Waals surface area (Å²) in [5, 5.41) is 3.42. The van der Waals surface area contributed by atoms with E-state index in [2.05, 4.69) is 17.4 Å². The minimum absolute atomic E-state index is 0.0348. The summed E-state index contributed by atoms with van der Waals surface area (Å²) in [6.45, 7) is 3.51. The number of hydrogen-bond donors (Lipinski definition) is 1. The fraction of sp³-hybridized carbons (Fsp3) is 0.269. The zero-order chi connectivity index (χ0) is 23.5. The van der Waals surface area contributed by atoms with Crippen molar-refractivity contribution in [3.8, 4) is 5.75 Å². The minimum atomic E-state index is -3.88. The van der Waals surface area contributed by atoms with Gasteiger partial charge in [0.15, 0.2) is 0 Å². The molecule has 0 saturated heterocycles. The average molecular weight is 468 g/mol. The van der Waals surface area contributed by atoms with Crippen LogP contribution in [-0.2, 0) is 32.6 Å². The number of carbonyl (C=O) groups is 1. The third-order valence-electron chi connectivity index (χ3n) is 5.05. The van der Waals surface area contributed by atoms with Crippen LogP contribution in [0.5, 0.6) is 5.75 Å².